The molecule has 1 N–H and O–H groups in total. The Morgan fingerprint density at radius 3 is 2.31 bits per heavy atom. The van der Waals surface area contributed by atoms with E-state index in [0.29, 0.717) is 18.9 Å². The molecule has 0 bridgehead atoms. The molecule has 1 saturated carbocycles. The van der Waals surface area contributed by atoms with Crippen LogP contribution < -0.4 is 5.32 Å². The van der Waals surface area contributed by atoms with Crippen LogP contribution in [0.15, 0.2) is 23.1 Å². The molecule has 1 aromatic carbocycles. The van der Waals surface area contributed by atoms with Crippen LogP contribution in [0, 0.1) is 5.92 Å². The van der Waals surface area contributed by atoms with Gasteiger partial charge in [0.15, 0.2) is 0 Å². The van der Waals surface area contributed by atoms with Gasteiger partial charge in [0.2, 0.25) is 15.9 Å². The molecular formula is C16H18ClF3N2O3S. The van der Waals surface area contributed by atoms with Gasteiger partial charge in [0.25, 0.3) is 0 Å². The van der Waals surface area contributed by atoms with Gasteiger partial charge in [-0.15, -0.1) is 0 Å². The predicted molar refractivity (Wildman–Crippen MR) is 89.1 cm³/mol. The van der Waals surface area contributed by atoms with Crippen molar-refractivity contribution in [2.75, 3.05) is 13.1 Å². The van der Waals surface area contributed by atoms with E-state index in [1.165, 1.54) is 0 Å². The average Bonchev–Trinajstić information content (AvgIpc) is 3.38. The van der Waals surface area contributed by atoms with E-state index in [2.05, 4.69) is 5.32 Å². The summed E-state index contributed by atoms with van der Waals surface area (Å²) < 4.78 is 65.3. The number of halogens is 4. The molecule has 0 radical (unpaired) electrons. The van der Waals surface area contributed by atoms with E-state index in [9.17, 15) is 26.4 Å². The van der Waals surface area contributed by atoms with Gasteiger partial charge in [0, 0.05) is 25.0 Å². The van der Waals surface area contributed by atoms with Crippen molar-refractivity contribution in [1.82, 2.24) is 9.62 Å². The fourth-order valence-electron chi connectivity index (χ4n) is 2.94. The first-order valence-corrected chi connectivity index (χ1v) is 10.1. The number of nitrogens with zero attached hydrogens (tertiary/aromatic N) is 1. The van der Waals surface area contributed by atoms with Crippen molar-refractivity contribution in [2.24, 2.45) is 5.92 Å². The van der Waals surface area contributed by atoms with Gasteiger partial charge in [-0.25, -0.2) is 8.42 Å². The van der Waals surface area contributed by atoms with Gasteiger partial charge in [0.05, 0.1) is 15.5 Å². The zero-order valence-electron chi connectivity index (χ0n) is 13.7. The van der Waals surface area contributed by atoms with Crippen LogP contribution in [0.4, 0.5) is 13.2 Å². The lowest BCUT2D eigenvalue weighted by Crippen LogP contribution is -2.43. The van der Waals surface area contributed by atoms with Gasteiger partial charge < -0.3 is 5.32 Å². The molecule has 2 aliphatic rings. The molecule has 0 aromatic heterocycles. The van der Waals surface area contributed by atoms with Crippen LogP contribution in [0.5, 0.6) is 0 Å². The number of benzene rings is 1. The van der Waals surface area contributed by atoms with E-state index in [1.807, 2.05) is 0 Å². The van der Waals surface area contributed by atoms with Crippen molar-refractivity contribution >= 4 is 27.5 Å². The quantitative estimate of drug-likeness (QED) is 0.829. The summed E-state index contributed by atoms with van der Waals surface area (Å²) in [5.41, 5.74) is -1.18. The Labute approximate surface area is 154 Å². The van der Waals surface area contributed by atoms with Crippen LogP contribution in [0.1, 0.15) is 31.2 Å². The van der Waals surface area contributed by atoms with Crippen LogP contribution in [0.2, 0.25) is 5.02 Å². The van der Waals surface area contributed by atoms with E-state index in [1.54, 1.807) is 0 Å². The highest BCUT2D eigenvalue weighted by Gasteiger charge is 2.37. The molecule has 0 spiro atoms. The number of hydrogen-bond acceptors (Lipinski definition) is 3. The Morgan fingerprint density at radius 1 is 1.15 bits per heavy atom. The van der Waals surface area contributed by atoms with Crippen LogP contribution in [-0.4, -0.2) is 37.8 Å². The van der Waals surface area contributed by atoms with Crippen LogP contribution in [0.25, 0.3) is 0 Å². The van der Waals surface area contributed by atoms with Gasteiger partial charge in [0.1, 0.15) is 0 Å². The average molecular weight is 411 g/mol. The maximum absolute atomic E-state index is 13.0. The summed E-state index contributed by atoms with van der Waals surface area (Å²) >= 11 is 5.54. The van der Waals surface area contributed by atoms with Gasteiger partial charge in [-0.2, -0.15) is 17.5 Å². The van der Waals surface area contributed by atoms with E-state index in [4.69, 9.17) is 11.6 Å². The summed E-state index contributed by atoms with van der Waals surface area (Å²) in [6.45, 7) is 0.185. The third kappa shape index (κ3) is 4.15. The normalized spacial score (nSPS) is 20.2. The van der Waals surface area contributed by atoms with Crippen molar-refractivity contribution in [3.63, 3.8) is 0 Å². The first kappa shape index (κ1) is 19.4. The SMILES string of the molecule is O=C(NC1CC1)C1CCN(S(=O)(=O)c2ccc(Cl)c(C(F)(F)F)c2)CC1. The molecule has 3 rings (SSSR count). The molecular weight excluding hydrogens is 393 g/mol. The largest absolute Gasteiger partial charge is 0.417 e. The van der Waals surface area contributed by atoms with Crippen molar-refractivity contribution in [2.45, 2.75) is 42.8 Å². The molecule has 144 valence electrons. The molecule has 10 heteroatoms. The smallest absolute Gasteiger partial charge is 0.353 e. The van der Waals surface area contributed by atoms with E-state index in [-0.39, 0.29) is 31.0 Å². The molecule has 0 atom stereocenters. The number of carbonyl (C=O) groups excluding carboxylic acids is 1. The van der Waals surface area contributed by atoms with Gasteiger partial charge in [-0.3, -0.25) is 4.79 Å². The first-order chi connectivity index (χ1) is 12.1. The van der Waals surface area contributed by atoms with Crippen molar-refractivity contribution in [1.29, 1.82) is 0 Å². The minimum Gasteiger partial charge on any atom is -0.353 e. The lowest BCUT2D eigenvalue weighted by atomic mass is 9.97. The Morgan fingerprint density at radius 2 is 1.77 bits per heavy atom. The first-order valence-electron chi connectivity index (χ1n) is 8.26. The van der Waals surface area contributed by atoms with Crippen molar-refractivity contribution in [3.8, 4) is 0 Å². The molecule has 26 heavy (non-hydrogen) atoms. The Bertz CT molecular complexity index is 801. The van der Waals surface area contributed by atoms with Crippen molar-refractivity contribution in [3.05, 3.63) is 28.8 Å². The molecule has 2 fully saturated rings. The van der Waals surface area contributed by atoms with Crippen LogP contribution in [-0.2, 0) is 21.0 Å². The Hall–Kier alpha value is -1.32. The monoisotopic (exact) mass is 410 g/mol. The minimum atomic E-state index is -4.74. The fourth-order valence-corrected chi connectivity index (χ4v) is 4.66. The fraction of sp³-hybridized carbons (Fsp3) is 0.562. The minimum absolute atomic E-state index is 0.0737. The maximum atomic E-state index is 13.0. The second kappa shape index (κ2) is 7.01. The highest BCUT2D eigenvalue weighted by atomic mass is 35.5. The second-order valence-corrected chi connectivity index (χ2v) is 8.95. The lowest BCUT2D eigenvalue weighted by molar-refractivity contribution is -0.137. The van der Waals surface area contributed by atoms with Gasteiger partial charge in [-0.1, -0.05) is 11.6 Å². The second-order valence-electron chi connectivity index (χ2n) is 6.60. The number of carbonyl (C=O) groups is 1. The van der Waals surface area contributed by atoms with Crippen molar-refractivity contribution < 1.29 is 26.4 Å². The Balaban J connectivity index is 1.72. The third-order valence-electron chi connectivity index (χ3n) is 4.63. The molecule has 5 nitrogen and oxygen atoms in total. The number of rotatable bonds is 4. The summed E-state index contributed by atoms with van der Waals surface area (Å²) in [5.74, 6) is -0.339. The molecule has 0 unspecified atom stereocenters. The number of sulfonamides is 1. The molecule has 1 heterocycles. The number of piperidine rings is 1. The molecule has 1 aliphatic carbocycles. The molecule has 1 amide bonds. The van der Waals surface area contributed by atoms with Gasteiger partial charge >= 0.3 is 6.18 Å². The van der Waals surface area contributed by atoms with Crippen LogP contribution in [0.3, 0.4) is 0 Å². The summed E-state index contributed by atoms with van der Waals surface area (Å²) in [7, 11) is -4.08. The Kier molecular flexibility index (Phi) is 5.24. The summed E-state index contributed by atoms with van der Waals surface area (Å²) in [6.07, 6.45) is -2.11. The zero-order chi connectivity index (χ0) is 19.1. The lowest BCUT2D eigenvalue weighted by Gasteiger charge is -2.30. The van der Waals surface area contributed by atoms with E-state index >= 15 is 0 Å². The molecule has 1 aliphatic heterocycles. The summed E-state index contributed by atoms with van der Waals surface area (Å²) in [6, 6.07) is 2.80. The number of nitrogens with one attached hydrogen (secondary N) is 1. The summed E-state index contributed by atoms with van der Waals surface area (Å²) in [4.78, 5) is 11.6. The number of alkyl halides is 3. The standard InChI is InChI=1S/C16H18ClF3N2O3S/c17-14-4-3-12(9-13(14)16(18,19)20)26(24,25)22-7-5-10(6-8-22)15(23)21-11-1-2-11/h3-4,9-11H,1-2,5-8H2,(H,21,23). The van der Waals surface area contributed by atoms with Crippen LogP contribution >= 0.6 is 11.6 Å². The highest BCUT2D eigenvalue weighted by Crippen LogP contribution is 2.36. The van der Waals surface area contributed by atoms with Gasteiger partial charge in [-0.05, 0) is 43.9 Å². The van der Waals surface area contributed by atoms with E-state index < -0.39 is 31.7 Å². The topological polar surface area (TPSA) is 66.5 Å². The molecule has 1 saturated heterocycles. The molecule has 1 aromatic rings. The highest BCUT2D eigenvalue weighted by molar-refractivity contribution is 7.89. The van der Waals surface area contributed by atoms with E-state index in [0.717, 1.165) is 29.3 Å². The zero-order valence-corrected chi connectivity index (χ0v) is 15.3. The third-order valence-corrected chi connectivity index (χ3v) is 6.85. The maximum Gasteiger partial charge on any atom is 0.417 e. The summed E-state index contributed by atoms with van der Waals surface area (Å²) in [5, 5.41) is 2.34. The number of hydrogen-bond donors (Lipinski definition) is 1. The predicted octanol–water partition coefficient (Wildman–Crippen LogP) is 3.04. The number of amides is 1.